The van der Waals surface area contributed by atoms with Gasteiger partial charge in [-0.15, -0.1) is 0 Å². The van der Waals surface area contributed by atoms with Crippen LogP contribution in [0.15, 0.2) is 197 Å². The fourth-order valence-electron chi connectivity index (χ4n) is 8.58. The molecule has 0 saturated carbocycles. The molecule has 0 fully saturated rings. The molecule has 0 bridgehead atoms. The summed E-state index contributed by atoms with van der Waals surface area (Å²) in [6.45, 7) is 0. The van der Waals surface area contributed by atoms with Crippen LogP contribution in [-0.4, -0.2) is 5.84 Å². The highest BCUT2D eigenvalue weighted by Gasteiger charge is 2.27. The molecule has 0 aliphatic carbocycles. The lowest BCUT2D eigenvalue weighted by atomic mass is 9.88. The number of aliphatic imine (C=N–C) groups is 1. The predicted molar refractivity (Wildman–Crippen MR) is 228 cm³/mol. The fourth-order valence-corrected chi connectivity index (χ4v) is 8.58. The number of nitrogens with one attached hydrogen (secondary N) is 2. The Morgan fingerprint density at radius 2 is 1.04 bits per heavy atom. The predicted octanol–water partition coefficient (Wildman–Crippen LogP) is 12.7. The Balaban J connectivity index is 1.04. The van der Waals surface area contributed by atoms with Crippen molar-refractivity contribution in [2.24, 2.45) is 4.99 Å². The van der Waals surface area contributed by atoms with Crippen molar-refractivity contribution < 1.29 is 4.42 Å². The summed E-state index contributed by atoms with van der Waals surface area (Å²) < 4.78 is 6.29. The van der Waals surface area contributed by atoms with Gasteiger partial charge in [-0.2, -0.15) is 0 Å². The number of benzene rings is 9. The van der Waals surface area contributed by atoms with Gasteiger partial charge in [-0.25, -0.2) is 4.99 Å². The van der Waals surface area contributed by atoms with E-state index in [9.17, 15) is 0 Å². The number of hydrogen-bond acceptors (Lipinski definition) is 4. The molecule has 0 saturated heterocycles. The molecule has 2 N–H and O–H groups in total. The number of fused-ring (bicyclic) bond motifs is 6. The Bertz CT molecular complexity index is 3120. The first kappa shape index (κ1) is 31.5. The van der Waals surface area contributed by atoms with Crippen molar-refractivity contribution in [3.05, 3.63) is 205 Å². The van der Waals surface area contributed by atoms with Crippen LogP contribution in [0.25, 0.3) is 76.5 Å². The fraction of sp³-hybridized carbons (Fsp3) is 0.0392. The Hall–Kier alpha value is -7.01. The van der Waals surface area contributed by atoms with Crippen LogP contribution in [-0.2, 0) is 0 Å². The van der Waals surface area contributed by atoms with Crippen molar-refractivity contribution in [3.8, 4) is 22.3 Å². The van der Waals surface area contributed by atoms with Gasteiger partial charge in [-0.1, -0.05) is 170 Å². The number of amidine groups is 1. The van der Waals surface area contributed by atoms with Gasteiger partial charge in [0.15, 0.2) is 0 Å². The van der Waals surface area contributed by atoms with E-state index in [1.807, 2.05) is 12.1 Å². The smallest absolute Gasteiger partial charge is 0.136 e. The number of hydrogen-bond donors (Lipinski definition) is 2. The topological polar surface area (TPSA) is 49.6 Å². The van der Waals surface area contributed by atoms with Crippen LogP contribution in [0.3, 0.4) is 0 Å². The molecular formula is C51H35N3O. The van der Waals surface area contributed by atoms with Gasteiger partial charge in [0.05, 0.1) is 0 Å². The molecule has 4 nitrogen and oxygen atoms in total. The van der Waals surface area contributed by atoms with Gasteiger partial charge in [0, 0.05) is 16.3 Å². The molecule has 1 aliphatic heterocycles. The van der Waals surface area contributed by atoms with Crippen LogP contribution >= 0.6 is 0 Å². The largest absolute Gasteiger partial charge is 0.456 e. The summed E-state index contributed by atoms with van der Waals surface area (Å²) in [6.07, 6.45) is -0.409. The standard InChI is InChI=1S/C51H35N3O/c1-2-14-33(15-3-1)49-52-50(35-26-25-32-13-4-5-16-34(32)31-35)54-51(53-49)44-30-29-41(38-19-8-9-20-39(38)44)40-27-28-42(37-18-7-6-17-36(37)40)43-22-12-24-47-48(43)45-21-10-11-23-46(45)55-47/h1-31,49,51,53H,(H,52,54). The minimum Gasteiger partial charge on any atom is -0.456 e. The van der Waals surface area contributed by atoms with Crippen LogP contribution in [0.5, 0.6) is 0 Å². The van der Waals surface area contributed by atoms with Crippen LogP contribution in [0.1, 0.15) is 29.0 Å². The van der Waals surface area contributed by atoms with Crippen LogP contribution in [0, 0.1) is 0 Å². The van der Waals surface area contributed by atoms with Crippen LogP contribution in [0.2, 0.25) is 0 Å². The third-order valence-corrected chi connectivity index (χ3v) is 11.2. The second-order valence-electron chi connectivity index (χ2n) is 14.3. The number of para-hydroxylation sites is 1. The number of rotatable bonds is 5. The molecular weight excluding hydrogens is 671 g/mol. The number of nitrogens with zero attached hydrogens (tertiary/aromatic N) is 1. The zero-order valence-electron chi connectivity index (χ0n) is 29.9. The maximum absolute atomic E-state index is 6.29. The summed E-state index contributed by atoms with van der Waals surface area (Å²) in [4.78, 5) is 5.24. The van der Waals surface area contributed by atoms with Crippen molar-refractivity contribution >= 4 is 60.1 Å². The molecule has 0 radical (unpaired) electrons. The Morgan fingerprint density at radius 3 is 1.82 bits per heavy atom. The monoisotopic (exact) mass is 705 g/mol. The first-order valence-corrected chi connectivity index (χ1v) is 18.9. The first-order chi connectivity index (χ1) is 27.3. The molecule has 0 spiro atoms. The Labute approximate surface area is 318 Å². The van der Waals surface area contributed by atoms with E-state index in [0.29, 0.717) is 0 Å². The summed E-state index contributed by atoms with van der Waals surface area (Å²) in [7, 11) is 0. The maximum Gasteiger partial charge on any atom is 0.136 e. The van der Waals surface area contributed by atoms with E-state index in [1.54, 1.807) is 0 Å². The van der Waals surface area contributed by atoms with E-state index in [0.717, 1.165) is 38.9 Å². The highest BCUT2D eigenvalue weighted by atomic mass is 16.3. The lowest BCUT2D eigenvalue weighted by molar-refractivity contribution is 0.411. The molecule has 11 rings (SSSR count). The molecule has 2 atom stereocenters. The number of furan rings is 1. The second-order valence-corrected chi connectivity index (χ2v) is 14.3. The molecule has 260 valence electrons. The molecule has 55 heavy (non-hydrogen) atoms. The van der Waals surface area contributed by atoms with Crippen molar-refractivity contribution in [2.45, 2.75) is 12.3 Å². The zero-order valence-corrected chi connectivity index (χ0v) is 29.9. The van der Waals surface area contributed by atoms with Gasteiger partial charge in [0.1, 0.15) is 29.3 Å². The summed E-state index contributed by atoms with van der Waals surface area (Å²) in [5.74, 6) is 0.874. The zero-order chi connectivity index (χ0) is 36.3. The normalized spacial score (nSPS) is 15.8. The van der Waals surface area contributed by atoms with Gasteiger partial charge in [0.2, 0.25) is 0 Å². The van der Waals surface area contributed by atoms with Crippen molar-refractivity contribution in [1.29, 1.82) is 0 Å². The lowest BCUT2D eigenvalue weighted by Crippen LogP contribution is -2.45. The first-order valence-electron chi connectivity index (χ1n) is 18.9. The summed E-state index contributed by atoms with van der Waals surface area (Å²) in [5, 5.41) is 17.2. The lowest BCUT2D eigenvalue weighted by Gasteiger charge is -2.33. The quantitative estimate of drug-likeness (QED) is 0.187. The highest BCUT2D eigenvalue weighted by Crippen LogP contribution is 2.43. The van der Waals surface area contributed by atoms with E-state index in [2.05, 4.69) is 187 Å². The average Bonchev–Trinajstić information content (AvgIpc) is 3.65. The minimum atomic E-state index is -0.222. The molecule has 9 aromatic carbocycles. The van der Waals surface area contributed by atoms with Crippen molar-refractivity contribution in [1.82, 2.24) is 10.6 Å². The van der Waals surface area contributed by atoms with E-state index >= 15 is 0 Å². The Morgan fingerprint density at radius 1 is 0.436 bits per heavy atom. The van der Waals surface area contributed by atoms with Crippen LogP contribution < -0.4 is 10.6 Å². The molecule has 4 heteroatoms. The SMILES string of the molecule is c1ccc(C2N=C(c3ccc4ccccc4c3)NC(c3ccc(-c4ccc(-c5cccc6oc7ccccc7c56)c5ccccc45)c4ccccc34)N2)cc1. The van der Waals surface area contributed by atoms with Crippen LogP contribution in [0.4, 0.5) is 0 Å². The van der Waals surface area contributed by atoms with E-state index < -0.39 is 0 Å². The molecule has 0 amide bonds. The molecule has 2 unspecified atom stereocenters. The van der Waals surface area contributed by atoms with Gasteiger partial charge >= 0.3 is 0 Å². The minimum absolute atomic E-state index is 0.187. The van der Waals surface area contributed by atoms with Gasteiger partial charge in [-0.05, 0) is 83.9 Å². The Kier molecular flexibility index (Phi) is 7.35. The van der Waals surface area contributed by atoms with E-state index in [-0.39, 0.29) is 12.3 Å². The molecule has 1 aromatic heterocycles. The van der Waals surface area contributed by atoms with Crippen molar-refractivity contribution in [2.75, 3.05) is 0 Å². The van der Waals surface area contributed by atoms with Gasteiger partial charge in [-0.3, -0.25) is 5.32 Å². The third-order valence-electron chi connectivity index (χ3n) is 11.2. The maximum atomic E-state index is 6.29. The van der Waals surface area contributed by atoms with E-state index in [1.165, 1.54) is 60.1 Å². The third kappa shape index (κ3) is 5.30. The highest BCUT2D eigenvalue weighted by molar-refractivity contribution is 6.17. The summed E-state index contributed by atoms with van der Waals surface area (Å²) >= 11 is 0. The summed E-state index contributed by atoms with van der Waals surface area (Å²) in [5.41, 5.74) is 9.96. The average molecular weight is 706 g/mol. The molecule has 2 heterocycles. The summed E-state index contributed by atoms with van der Waals surface area (Å²) in [6, 6.07) is 67.0. The van der Waals surface area contributed by atoms with Gasteiger partial charge < -0.3 is 9.73 Å². The molecule has 1 aliphatic rings. The molecule has 10 aromatic rings. The van der Waals surface area contributed by atoms with E-state index in [4.69, 9.17) is 9.41 Å². The van der Waals surface area contributed by atoms with Gasteiger partial charge in [0.25, 0.3) is 0 Å². The van der Waals surface area contributed by atoms with Crippen molar-refractivity contribution in [3.63, 3.8) is 0 Å². The second kappa shape index (κ2) is 12.8.